The molecular weight excluding hydrogens is 757 g/mol. The van der Waals surface area contributed by atoms with E-state index in [0.29, 0.717) is 12.8 Å². The Labute approximate surface area is 351 Å². The zero-order chi connectivity index (χ0) is 42.8. The van der Waals surface area contributed by atoms with Gasteiger partial charge in [-0.05, 0) is 57.8 Å². The maximum atomic E-state index is 12.3. The number of carbonyl (C=O) groups excluding carboxylic acids is 2. The van der Waals surface area contributed by atoms with Crippen LogP contribution in [-0.4, -0.2) is 64.9 Å². The number of hydrogen-bond acceptors (Lipinski definition) is 8. The van der Waals surface area contributed by atoms with E-state index in [1.165, 1.54) is 57.8 Å². The van der Waals surface area contributed by atoms with E-state index in [2.05, 4.69) is 79.9 Å². The number of hydrogen-bond donors (Lipinski definition) is 4. The largest absolute Gasteiger partial charge is 0.480 e. The fourth-order valence-corrected chi connectivity index (χ4v) is 6.64. The predicted octanol–water partition coefficient (Wildman–Crippen LogP) is 11.6. The van der Waals surface area contributed by atoms with E-state index < -0.39 is 57.6 Å². The lowest BCUT2D eigenvalue weighted by Crippen LogP contribution is -2.43. The smallest absolute Gasteiger partial charge is 0.472 e. The van der Waals surface area contributed by atoms with Crippen molar-refractivity contribution in [3.8, 4) is 0 Å². The van der Waals surface area contributed by atoms with Gasteiger partial charge in [0.25, 0.3) is 0 Å². The summed E-state index contributed by atoms with van der Waals surface area (Å²) in [6, 6.07) is -1.55. The summed E-state index contributed by atoms with van der Waals surface area (Å²) < 4.78 is 26.8. The van der Waals surface area contributed by atoms with E-state index in [9.17, 15) is 34.1 Å². The van der Waals surface area contributed by atoms with Gasteiger partial charge in [-0.1, -0.05) is 171 Å². The molecule has 11 nitrogen and oxygen atoms in total. The molecule has 3 unspecified atom stereocenters. The highest BCUT2D eigenvalue weighted by atomic mass is 31.2. The normalized spacial score (nSPS) is 14.3. The minimum absolute atomic E-state index is 0.145. The summed E-state index contributed by atoms with van der Waals surface area (Å²) in [7, 11) is -4.76. The molecule has 0 saturated carbocycles. The molecule has 0 aliphatic rings. The molecule has 0 spiro atoms. The average Bonchev–Trinajstić information content (AvgIpc) is 3.20. The molecule has 0 heterocycles. The number of nitrogens with one attached hydrogen (secondary N) is 1. The van der Waals surface area contributed by atoms with E-state index in [4.69, 9.17) is 13.8 Å². The molecule has 0 saturated heterocycles. The van der Waals surface area contributed by atoms with Gasteiger partial charge in [-0.2, -0.15) is 0 Å². The van der Waals surface area contributed by atoms with E-state index in [-0.39, 0.29) is 12.8 Å². The van der Waals surface area contributed by atoms with Crippen LogP contribution < -0.4 is 5.32 Å². The summed E-state index contributed by atoms with van der Waals surface area (Å²) in [5, 5.41) is 21.8. The van der Waals surface area contributed by atoms with Crippen LogP contribution in [0.5, 0.6) is 0 Å². The first kappa shape index (κ1) is 55.2. The number of allylic oxidation sites excluding steroid dienone is 10. The number of ether oxygens (including phenoxy) is 1. The molecule has 0 aromatic heterocycles. The second-order valence-electron chi connectivity index (χ2n) is 14.9. The number of aliphatic hydroxyl groups is 1. The third kappa shape index (κ3) is 40.0. The Balaban J connectivity index is 3.88. The van der Waals surface area contributed by atoms with Crippen LogP contribution in [0.1, 0.15) is 181 Å². The van der Waals surface area contributed by atoms with Gasteiger partial charge in [0.1, 0.15) is 12.7 Å². The molecule has 0 rings (SSSR count). The Kier molecular flexibility index (Phi) is 38.9. The van der Waals surface area contributed by atoms with E-state index >= 15 is 0 Å². The van der Waals surface area contributed by atoms with Crippen molar-refractivity contribution >= 4 is 25.7 Å². The second kappa shape index (κ2) is 40.9. The summed E-state index contributed by atoms with van der Waals surface area (Å²) in [4.78, 5) is 45.8. The maximum absolute atomic E-state index is 12.3. The predicted molar refractivity (Wildman–Crippen MR) is 235 cm³/mol. The maximum Gasteiger partial charge on any atom is 0.472 e. The van der Waals surface area contributed by atoms with Gasteiger partial charge >= 0.3 is 19.8 Å². The highest BCUT2D eigenvalue weighted by Crippen LogP contribution is 2.43. The van der Waals surface area contributed by atoms with E-state index in [0.717, 1.165) is 83.5 Å². The first-order valence-electron chi connectivity index (χ1n) is 22.3. The van der Waals surface area contributed by atoms with Crippen molar-refractivity contribution in [1.29, 1.82) is 0 Å². The van der Waals surface area contributed by atoms with Gasteiger partial charge in [-0.15, -0.1) is 0 Å². The molecule has 3 atom stereocenters. The third-order valence-corrected chi connectivity index (χ3v) is 10.3. The van der Waals surface area contributed by atoms with Crippen molar-refractivity contribution in [2.24, 2.45) is 0 Å². The van der Waals surface area contributed by atoms with Gasteiger partial charge in [-0.3, -0.25) is 18.6 Å². The standard InChI is InChI=1S/C46H80NO10P/c1-3-5-7-9-11-13-15-16-17-18-19-20-21-22-23-24-25-26-28-30-32-34-36-38-45(50)55-39-42(48)40-56-58(53,54)57-41-43(46(51)52)47-44(49)37-35-33-31-29-27-14-12-10-8-6-4-2/h5,7,11,13,16-17,19-20,22-23,42-43,48H,3-4,6,8-10,12,14-15,18,21,24-41H2,1-2H3,(H,47,49)(H,51,52)(H,53,54)/b7-5-,13-11-,17-16-,20-19-,23-22-. The number of esters is 1. The molecule has 58 heavy (non-hydrogen) atoms. The summed E-state index contributed by atoms with van der Waals surface area (Å²) >= 11 is 0. The van der Waals surface area contributed by atoms with Gasteiger partial charge in [0.15, 0.2) is 6.04 Å². The lowest BCUT2D eigenvalue weighted by molar-refractivity contribution is -0.147. The molecular formula is C46H80NO10P. The molecule has 12 heteroatoms. The fourth-order valence-electron chi connectivity index (χ4n) is 5.87. The van der Waals surface area contributed by atoms with Crippen LogP contribution in [0.25, 0.3) is 0 Å². The molecule has 4 N–H and O–H groups in total. The monoisotopic (exact) mass is 838 g/mol. The number of phosphoric ester groups is 1. The molecule has 0 aromatic carbocycles. The molecule has 0 fully saturated rings. The molecule has 0 aliphatic carbocycles. The molecule has 0 aliphatic heterocycles. The molecule has 0 radical (unpaired) electrons. The molecule has 334 valence electrons. The minimum atomic E-state index is -4.76. The van der Waals surface area contributed by atoms with Crippen molar-refractivity contribution in [2.45, 2.75) is 193 Å². The zero-order valence-corrected chi connectivity index (χ0v) is 37.0. The highest BCUT2D eigenvalue weighted by Gasteiger charge is 2.28. The Morgan fingerprint density at radius 1 is 0.569 bits per heavy atom. The van der Waals surface area contributed by atoms with Gasteiger partial charge in [0.05, 0.1) is 13.2 Å². The summed E-state index contributed by atoms with van der Waals surface area (Å²) in [6.45, 7) is 2.44. The first-order chi connectivity index (χ1) is 28.1. The number of carbonyl (C=O) groups is 3. The van der Waals surface area contributed by atoms with Gasteiger partial charge < -0.3 is 25.2 Å². The Morgan fingerprint density at radius 3 is 1.50 bits per heavy atom. The number of carboxylic acids is 1. The van der Waals surface area contributed by atoms with Crippen LogP contribution >= 0.6 is 7.82 Å². The number of carboxylic acid groups (broad SMARTS) is 1. The van der Waals surface area contributed by atoms with Crippen molar-refractivity contribution in [2.75, 3.05) is 19.8 Å². The van der Waals surface area contributed by atoms with Crippen LogP contribution in [0.15, 0.2) is 60.8 Å². The quantitative estimate of drug-likeness (QED) is 0.0201. The molecule has 0 aromatic rings. The third-order valence-electron chi connectivity index (χ3n) is 9.32. The Morgan fingerprint density at radius 2 is 1.00 bits per heavy atom. The van der Waals surface area contributed by atoms with Crippen LogP contribution in [-0.2, 0) is 32.7 Å². The fraction of sp³-hybridized carbons (Fsp3) is 0.717. The Hall–Kier alpha value is -2.82. The van der Waals surface area contributed by atoms with Gasteiger partial charge in [-0.25, -0.2) is 9.36 Å². The number of rotatable bonds is 41. The average molecular weight is 838 g/mol. The Bertz CT molecular complexity index is 1210. The van der Waals surface area contributed by atoms with E-state index in [1.54, 1.807) is 0 Å². The second-order valence-corrected chi connectivity index (χ2v) is 16.3. The number of phosphoric acid groups is 1. The number of amides is 1. The van der Waals surface area contributed by atoms with Gasteiger partial charge in [0, 0.05) is 12.8 Å². The highest BCUT2D eigenvalue weighted by molar-refractivity contribution is 7.47. The van der Waals surface area contributed by atoms with Crippen LogP contribution in [0.4, 0.5) is 0 Å². The summed E-state index contributed by atoms with van der Waals surface area (Å²) in [5.74, 6) is -2.39. The number of aliphatic hydroxyl groups excluding tert-OH is 1. The minimum Gasteiger partial charge on any atom is -0.480 e. The lowest BCUT2D eigenvalue weighted by Gasteiger charge is -2.18. The summed E-state index contributed by atoms with van der Waals surface area (Å²) in [5.41, 5.74) is 0. The first-order valence-corrected chi connectivity index (χ1v) is 23.8. The van der Waals surface area contributed by atoms with Crippen molar-refractivity contribution in [3.05, 3.63) is 60.8 Å². The lowest BCUT2D eigenvalue weighted by atomic mass is 10.1. The molecule has 0 bridgehead atoms. The van der Waals surface area contributed by atoms with Gasteiger partial charge in [0.2, 0.25) is 5.91 Å². The van der Waals surface area contributed by atoms with Crippen LogP contribution in [0.2, 0.25) is 0 Å². The number of aliphatic carboxylic acids is 1. The zero-order valence-electron chi connectivity index (χ0n) is 36.1. The summed E-state index contributed by atoms with van der Waals surface area (Å²) in [6.07, 6.45) is 46.8. The topological polar surface area (TPSA) is 169 Å². The van der Waals surface area contributed by atoms with Crippen LogP contribution in [0, 0.1) is 0 Å². The van der Waals surface area contributed by atoms with Crippen molar-refractivity contribution < 1.29 is 47.8 Å². The van der Waals surface area contributed by atoms with Crippen molar-refractivity contribution in [3.63, 3.8) is 0 Å². The van der Waals surface area contributed by atoms with Crippen LogP contribution in [0.3, 0.4) is 0 Å². The SMILES string of the molecule is CC/C=C\C/C=C\C/C=C\C/C=C\C/C=C\CCCCCCCCCC(=O)OCC(O)COP(=O)(O)OCC(NC(=O)CCCCCCCCCCCCC)C(=O)O. The van der Waals surface area contributed by atoms with Crippen molar-refractivity contribution in [1.82, 2.24) is 5.32 Å². The number of unbranched alkanes of at least 4 members (excludes halogenated alkanes) is 17. The molecule has 1 amide bonds. The van der Waals surface area contributed by atoms with E-state index in [1.807, 2.05) is 0 Å².